The number of aromatic hydroxyl groups is 1. The van der Waals surface area contributed by atoms with Crippen LogP contribution in [0.1, 0.15) is 29.2 Å². The summed E-state index contributed by atoms with van der Waals surface area (Å²) in [5.74, 6) is -0.698. The van der Waals surface area contributed by atoms with Gasteiger partial charge in [0.05, 0.1) is 16.8 Å². The maximum atomic E-state index is 13.2. The fraction of sp³-hybridized carbons (Fsp3) is 0.179. The number of rotatable bonds is 7. The van der Waals surface area contributed by atoms with E-state index >= 15 is 0 Å². The molecular formula is C28H25BrN2O6. The third-order valence-electron chi connectivity index (χ3n) is 5.81. The molecule has 0 radical (unpaired) electrons. The van der Waals surface area contributed by atoms with Gasteiger partial charge in [-0.25, -0.2) is 9.69 Å². The number of carbonyl (C=O) groups excluding carboxylic acids is 3. The molecule has 0 saturated carbocycles. The van der Waals surface area contributed by atoms with Crippen molar-refractivity contribution in [1.82, 2.24) is 5.32 Å². The van der Waals surface area contributed by atoms with Gasteiger partial charge in [0.25, 0.3) is 11.8 Å². The summed E-state index contributed by atoms with van der Waals surface area (Å²) in [6, 6.07) is 14.1. The van der Waals surface area contributed by atoms with Crippen molar-refractivity contribution in [3.05, 3.63) is 86.9 Å². The van der Waals surface area contributed by atoms with Gasteiger partial charge in [0, 0.05) is 0 Å². The number of barbiturate groups is 1. The van der Waals surface area contributed by atoms with Crippen molar-refractivity contribution < 1.29 is 29.0 Å². The first-order valence-corrected chi connectivity index (χ1v) is 12.3. The van der Waals surface area contributed by atoms with E-state index in [1.54, 1.807) is 12.1 Å². The highest BCUT2D eigenvalue weighted by Gasteiger charge is 2.36. The van der Waals surface area contributed by atoms with Crippen LogP contribution in [0.2, 0.25) is 0 Å². The fourth-order valence-corrected chi connectivity index (χ4v) is 4.36. The normalized spacial score (nSPS) is 14.6. The molecule has 0 bridgehead atoms. The largest absolute Gasteiger partial charge is 0.508 e. The smallest absolute Gasteiger partial charge is 0.335 e. The lowest BCUT2D eigenvalue weighted by molar-refractivity contribution is -0.122. The minimum atomic E-state index is -0.871. The number of imide groups is 2. The van der Waals surface area contributed by atoms with Gasteiger partial charge in [0.1, 0.15) is 17.9 Å². The lowest BCUT2D eigenvalue weighted by atomic mass is 10.1. The van der Waals surface area contributed by atoms with Crippen molar-refractivity contribution in [2.45, 2.75) is 27.4 Å². The molecule has 37 heavy (non-hydrogen) atoms. The number of ether oxygens (including phenoxy) is 2. The Balaban J connectivity index is 1.65. The molecule has 4 amide bonds. The van der Waals surface area contributed by atoms with Gasteiger partial charge in [0.2, 0.25) is 0 Å². The summed E-state index contributed by atoms with van der Waals surface area (Å²) in [5, 5.41) is 11.7. The number of nitrogens with one attached hydrogen (secondary N) is 1. The second-order valence-corrected chi connectivity index (χ2v) is 9.30. The first-order chi connectivity index (χ1) is 17.7. The van der Waals surface area contributed by atoms with Crippen LogP contribution in [-0.2, 0) is 16.2 Å². The van der Waals surface area contributed by atoms with Crippen molar-refractivity contribution in [3.63, 3.8) is 0 Å². The molecule has 8 nitrogen and oxygen atoms in total. The minimum Gasteiger partial charge on any atom is -0.508 e. The van der Waals surface area contributed by atoms with Crippen LogP contribution >= 0.6 is 15.9 Å². The standard InChI is InChI=1S/C28H25BrN2O6/c1-4-36-24-14-19(13-23(29)25(24)37-15-18-6-5-16(2)17(3)11-18)12-22-26(33)30-28(35)31(27(22)34)20-7-9-21(32)10-8-20/h5-14,32H,4,15H2,1-3H3,(H,30,33,35)/b22-12+. The fourth-order valence-electron chi connectivity index (χ4n) is 3.78. The lowest BCUT2D eigenvalue weighted by Crippen LogP contribution is -2.54. The zero-order chi connectivity index (χ0) is 26.7. The van der Waals surface area contributed by atoms with E-state index in [4.69, 9.17) is 9.47 Å². The molecule has 1 saturated heterocycles. The highest BCUT2D eigenvalue weighted by atomic mass is 79.9. The molecule has 0 spiro atoms. The van der Waals surface area contributed by atoms with Crippen LogP contribution in [0.15, 0.2) is 64.6 Å². The van der Waals surface area contributed by atoms with Gasteiger partial charge in [-0.1, -0.05) is 18.2 Å². The Morgan fingerprint density at radius 2 is 1.70 bits per heavy atom. The number of halogens is 1. The zero-order valence-electron chi connectivity index (χ0n) is 20.5. The predicted molar refractivity (Wildman–Crippen MR) is 143 cm³/mol. The molecule has 1 heterocycles. The molecule has 0 aliphatic carbocycles. The van der Waals surface area contributed by atoms with Crippen LogP contribution in [-0.4, -0.2) is 29.6 Å². The Morgan fingerprint density at radius 3 is 2.38 bits per heavy atom. The molecule has 1 fully saturated rings. The summed E-state index contributed by atoms with van der Waals surface area (Å²) in [6.07, 6.45) is 1.39. The van der Waals surface area contributed by atoms with Crippen LogP contribution in [0.25, 0.3) is 6.08 Å². The van der Waals surface area contributed by atoms with Crippen LogP contribution in [0.3, 0.4) is 0 Å². The number of carbonyl (C=O) groups is 3. The van der Waals surface area contributed by atoms with E-state index in [-0.39, 0.29) is 17.0 Å². The second-order valence-electron chi connectivity index (χ2n) is 8.44. The Morgan fingerprint density at radius 1 is 0.973 bits per heavy atom. The van der Waals surface area contributed by atoms with Crippen LogP contribution in [0.5, 0.6) is 17.2 Å². The average molecular weight is 565 g/mol. The third-order valence-corrected chi connectivity index (χ3v) is 6.40. The van der Waals surface area contributed by atoms with Crippen molar-refractivity contribution in [2.75, 3.05) is 11.5 Å². The maximum Gasteiger partial charge on any atom is 0.335 e. The zero-order valence-corrected chi connectivity index (χ0v) is 22.1. The van der Waals surface area contributed by atoms with Gasteiger partial charge in [-0.05, 0) is 101 Å². The predicted octanol–water partition coefficient (Wildman–Crippen LogP) is 5.42. The Hall–Kier alpha value is -4.11. The molecule has 4 rings (SSSR count). The molecule has 0 atom stereocenters. The highest BCUT2D eigenvalue weighted by Crippen LogP contribution is 2.38. The van der Waals surface area contributed by atoms with Gasteiger partial charge >= 0.3 is 6.03 Å². The number of aryl methyl sites for hydroxylation is 2. The van der Waals surface area contributed by atoms with E-state index < -0.39 is 17.8 Å². The minimum absolute atomic E-state index is 0.0198. The molecule has 1 aliphatic rings. The van der Waals surface area contributed by atoms with E-state index in [1.807, 2.05) is 32.9 Å². The van der Waals surface area contributed by atoms with Crippen molar-refractivity contribution in [2.24, 2.45) is 0 Å². The molecule has 3 aromatic carbocycles. The molecule has 190 valence electrons. The van der Waals surface area contributed by atoms with Gasteiger partial charge < -0.3 is 14.6 Å². The SMILES string of the molecule is CCOc1cc(/C=C2\C(=O)NC(=O)N(c3ccc(O)cc3)C2=O)cc(Br)c1OCc1ccc(C)c(C)c1. The number of anilines is 1. The number of hydrogen-bond acceptors (Lipinski definition) is 6. The number of amides is 4. The molecule has 0 unspecified atom stereocenters. The van der Waals surface area contributed by atoms with Crippen molar-refractivity contribution in [1.29, 1.82) is 0 Å². The van der Waals surface area contributed by atoms with E-state index in [0.29, 0.717) is 34.7 Å². The average Bonchev–Trinajstić information content (AvgIpc) is 2.84. The highest BCUT2D eigenvalue weighted by molar-refractivity contribution is 9.10. The summed E-state index contributed by atoms with van der Waals surface area (Å²) in [7, 11) is 0. The Labute approximate surface area is 222 Å². The molecule has 1 aliphatic heterocycles. The molecule has 9 heteroatoms. The van der Waals surface area contributed by atoms with E-state index in [2.05, 4.69) is 27.3 Å². The molecule has 0 aromatic heterocycles. The number of nitrogens with zero attached hydrogens (tertiary/aromatic N) is 1. The van der Waals surface area contributed by atoms with E-state index in [1.165, 1.54) is 41.5 Å². The van der Waals surface area contributed by atoms with Crippen molar-refractivity contribution in [3.8, 4) is 17.2 Å². The van der Waals surface area contributed by atoms with Gasteiger partial charge in [0.15, 0.2) is 11.5 Å². The van der Waals surface area contributed by atoms with E-state index in [0.717, 1.165) is 10.5 Å². The van der Waals surface area contributed by atoms with Crippen molar-refractivity contribution >= 4 is 45.5 Å². The molecular weight excluding hydrogens is 540 g/mol. The van der Waals surface area contributed by atoms with E-state index in [9.17, 15) is 19.5 Å². The quantitative estimate of drug-likeness (QED) is 0.293. The number of phenolic OH excluding ortho intramolecular Hbond substituents is 1. The summed E-state index contributed by atoms with van der Waals surface area (Å²) < 4.78 is 12.4. The number of hydrogen-bond donors (Lipinski definition) is 2. The third kappa shape index (κ3) is 5.67. The molecule has 3 aromatic rings. The summed E-state index contributed by atoms with van der Waals surface area (Å²) in [4.78, 5) is 39.0. The van der Waals surface area contributed by atoms with Crippen LogP contribution in [0.4, 0.5) is 10.5 Å². The topological polar surface area (TPSA) is 105 Å². The number of urea groups is 1. The molecule has 2 N–H and O–H groups in total. The number of phenols is 1. The van der Waals surface area contributed by atoms with Crippen LogP contribution < -0.4 is 19.7 Å². The van der Waals surface area contributed by atoms with Crippen LogP contribution in [0, 0.1) is 13.8 Å². The monoisotopic (exact) mass is 564 g/mol. The Bertz CT molecular complexity index is 1410. The summed E-state index contributed by atoms with van der Waals surface area (Å²) in [6.45, 7) is 6.63. The maximum absolute atomic E-state index is 13.2. The first-order valence-electron chi connectivity index (χ1n) is 11.5. The summed E-state index contributed by atoms with van der Waals surface area (Å²) in [5.41, 5.74) is 3.85. The first kappa shape index (κ1) is 26.0. The summed E-state index contributed by atoms with van der Waals surface area (Å²) >= 11 is 3.52. The second kappa shape index (κ2) is 10.9. The number of benzene rings is 3. The van der Waals surface area contributed by atoms with Gasteiger partial charge in [-0.15, -0.1) is 0 Å². The Kier molecular flexibility index (Phi) is 7.63. The van der Waals surface area contributed by atoms with Gasteiger partial charge in [-0.2, -0.15) is 0 Å². The van der Waals surface area contributed by atoms with Gasteiger partial charge in [-0.3, -0.25) is 14.9 Å². The lowest BCUT2D eigenvalue weighted by Gasteiger charge is -2.26.